The molecule has 0 unspecified atom stereocenters. The normalized spacial score (nSPS) is 9.69. The topological polar surface area (TPSA) is 88.2 Å². The SMILES string of the molecule is Nc1c(NC(=O)O)cc(Cl)nc1Cl. The molecule has 0 radical (unpaired) electrons. The highest BCUT2D eigenvalue weighted by Gasteiger charge is 2.08. The summed E-state index contributed by atoms with van der Waals surface area (Å²) in [6.07, 6.45) is -1.25. The van der Waals surface area contributed by atoms with Gasteiger partial charge in [0, 0.05) is 6.07 Å². The zero-order valence-electron chi connectivity index (χ0n) is 6.21. The molecule has 1 aromatic rings. The minimum absolute atomic E-state index is 0.0312. The Morgan fingerprint density at radius 3 is 2.77 bits per heavy atom. The fourth-order valence-corrected chi connectivity index (χ4v) is 1.14. The Balaban J connectivity index is 3.12. The summed E-state index contributed by atoms with van der Waals surface area (Å²) < 4.78 is 0. The van der Waals surface area contributed by atoms with Crippen molar-refractivity contribution < 1.29 is 9.90 Å². The number of rotatable bonds is 1. The van der Waals surface area contributed by atoms with Gasteiger partial charge in [-0.05, 0) is 0 Å². The smallest absolute Gasteiger partial charge is 0.409 e. The third-order valence-electron chi connectivity index (χ3n) is 1.22. The molecule has 0 spiro atoms. The van der Waals surface area contributed by atoms with Crippen molar-refractivity contribution in [2.75, 3.05) is 11.1 Å². The number of aromatic nitrogens is 1. The largest absolute Gasteiger partial charge is 0.465 e. The molecular weight excluding hydrogens is 217 g/mol. The molecule has 4 N–H and O–H groups in total. The number of nitrogens with zero attached hydrogens (tertiary/aromatic N) is 1. The van der Waals surface area contributed by atoms with Gasteiger partial charge in [0.05, 0.1) is 11.4 Å². The van der Waals surface area contributed by atoms with Crippen LogP contribution in [0.2, 0.25) is 10.3 Å². The summed E-state index contributed by atoms with van der Waals surface area (Å²) in [5.74, 6) is 0. The molecule has 0 atom stereocenters. The predicted molar refractivity (Wildman–Crippen MR) is 50.3 cm³/mol. The molecule has 1 rings (SSSR count). The second-order valence-corrected chi connectivity index (χ2v) is 2.87. The van der Waals surface area contributed by atoms with Crippen LogP contribution in [0.3, 0.4) is 0 Å². The average molecular weight is 222 g/mol. The first-order chi connectivity index (χ1) is 6.00. The van der Waals surface area contributed by atoms with Crippen molar-refractivity contribution in [1.29, 1.82) is 0 Å². The van der Waals surface area contributed by atoms with E-state index < -0.39 is 6.09 Å². The van der Waals surface area contributed by atoms with Crippen LogP contribution in [0.15, 0.2) is 6.07 Å². The van der Waals surface area contributed by atoms with E-state index in [9.17, 15) is 4.79 Å². The van der Waals surface area contributed by atoms with Crippen molar-refractivity contribution in [3.63, 3.8) is 0 Å². The quantitative estimate of drug-likeness (QED) is 0.634. The first kappa shape index (κ1) is 9.88. The maximum atomic E-state index is 10.3. The number of pyridine rings is 1. The number of hydrogen-bond acceptors (Lipinski definition) is 3. The summed E-state index contributed by atoms with van der Waals surface area (Å²) in [4.78, 5) is 13.9. The van der Waals surface area contributed by atoms with E-state index in [0.717, 1.165) is 0 Å². The molecule has 7 heteroatoms. The lowest BCUT2D eigenvalue weighted by Gasteiger charge is -2.05. The molecule has 0 aliphatic carbocycles. The van der Waals surface area contributed by atoms with Gasteiger partial charge >= 0.3 is 6.09 Å². The van der Waals surface area contributed by atoms with E-state index in [0.29, 0.717) is 0 Å². The van der Waals surface area contributed by atoms with Crippen LogP contribution >= 0.6 is 23.2 Å². The zero-order valence-corrected chi connectivity index (χ0v) is 7.73. The van der Waals surface area contributed by atoms with Crippen molar-refractivity contribution >= 4 is 40.7 Å². The number of nitrogens with two attached hydrogens (primary N) is 1. The summed E-state index contributed by atoms with van der Waals surface area (Å²) in [5, 5.41) is 10.5. The second-order valence-electron chi connectivity index (χ2n) is 2.13. The van der Waals surface area contributed by atoms with Crippen LogP contribution < -0.4 is 11.1 Å². The van der Waals surface area contributed by atoms with Crippen LogP contribution in [0.1, 0.15) is 0 Å². The predicted octanol–water partition coefficient (Wildman–Crippen LogP) is 2.06. The number of carboxylic acid groups (broad SMARTS) is 1. The maximum Gasteiger partial charge on any atom is 0.409 e. The highest BCUT2D eigenvalue weighted by atomic mass is 35.5. The molecule has 0 aliphatic heterocycles. The fourth-order valence-electron chi connectivity index (χ4n) is 0.713. The summed E-state index contributed by atoms with van der Waals surface area (Å²) in [6, 6.07) is 1.27. The maximum absolute atomic E-state index is 10.3. The van der Waals surface area contributed by atoms with Crippen LogP contribution in [0, 0.1) is 0 Å². The van der Waals surface area contributed by atoms with E-state index in [1.807, 2.05) is 5.32 Å². The highest BCUT2D eigenvalue weighted by molar-refractivity contribution is 6.35. The van der Waals surface area contributed by atoms with E-state index in [1.54, 1.807) is 0 Å². The van der Waals surface area contributed by atoms with Gasteiger partial charge in [-0.1, -0.05) is 23.2 Å². The summed E-state index contributed by atoms with van der Waals surface area (Å²) in [7, 11) is 0. The van der Waals surface area contributed by atoms with E-state index >= 15 is 0 Å². The Morgan fingerprint density at radius 2 is 2.23 bits per heavy atom. The van der Waals surface area contributed by atoms with E-state index in [4.69, 9.17) is 34.0 Å². The number of nitrogen functional groups attached to an aromatic ring is 1. The monoisotopic (exact) mass is 221 g/mol. The van der Waals surface area contributed by atoms with Crippen LogP contribution in [0.4, 0.5) is 16.2 Å². The molecule has 5 nitrogen and oxygen atoms in total. The number of nitrogens with one attached hydrogen (secondary N) is 1. The fraction of sp³-hybridized carbons (Fsp3) is 0. The Hall–Kier alpha value is -1.20. The minimum atomic E-state index is -1.25. The van der Waals surface area contributed by atoms with Gasteiger partial charge in [0.1, 0.15) is 5.15 Å². The number of halogens is 2. The van der Waals surface area contributed by atoms with Crippen molar-refractivity contribution in [2.24, 2.45) is 0 Å². The van der Waals surface area contributed by atoms with Crippen LogP contribution in [0.5, 0.6) is 0 Å². The van der Waals surface area contributed by atoms with Gasteiger partial charge in [0.2, 0.25) is 0 Å². The first-order valence-electron chi connectivity index (χ1n) is 3.12. The lowest BCUT2D eigenvalue weighted by atomic mass is 10.3. The van der Waals surface area contributed by atoms with Crippen LogP contribution in [-0.2, 0) is 0 Å². The van der Waals surface area contributed by atoms with Gasteiger partial charge in [0.15, 0.2) is 5.15 Å². The van der Waals surface area contributed by atoms with Gasteiger partial charge in [0.25, 0.3) is 0 Å². The first-order valence-corrected chi connectivity index (χ1v) is 3.87. The third kappa shape index (κ3) is 2.37. The average Bonchev–Trinajstić information content (AvgIpc) is 1.98. The van der Waals surface area contributed by atoms with E-state index in [2.05, 4.69) is 4.98 Å². The van der Waals surface area contributed by atoms with Gasteiger partial charge in [-0.3, -0.25) is 5.32 Å². The lowest BCUT2D eigenvalue weighted by molar-refractivity contribution is 0.210. The molecule has 13 heavy (non-hydrogen) atoms. The molecule has 0 saturated carbocycles. The second kappa shape index (κ2) is 3.68. The highest BCUT2D eigenvalue weighted by Crippen LogP contribution is 2.28. The number of carbonyl (C=O) groups is 1. The molecule has 1 amide bonds. The van der Waals surface area contributed by atoms with E-state index in [-0.39, 0.29) is 21.7 Å². The lowest BCUT2D eigenvalue weighted by Crippen LogP contribution is -2.09. The third-order valence-corrected chi connectivity index (χ3v) is 1.70. The Labute approximate surface area is 83.5 Å². The van der Waals surface area contributed by atoms with Gasteiger partial charge < -0.3 is 10.8 Å². The Morgan fingerprint density at radius 1 is 1.62 bits per heavy atom. The molecule has 1 aromatic heterocycles. The molecule has 70 valence electrons. The Bertz CT molecular complexity index is 356. The molecule has 0 aliphatic rings. The molecule has 0 fully saturated rings. The zero-order chi connectivity index (χ0) is 10.0. The summed E-state index contributed by atoms with van der Waals surface area (Å²) in [6.45, 7) is 0. The number of anilines is 2. The summed E-state index contributed by atoms with van der Waals surface area (Å²) in [5.41, 5.74) is 5.59. The molecule has 1 heterocycles. The molecule has 0 saturated heterocycles. The molecular formula is C6H5Cl2N3O2. The van der Waals surface area contributed by atoms with Crippen LogP contribution in [-0.4, -0.2) is 16.2 Å². The van der Waals surface area contributed by atoms with Gasteiger partial charge in [-0.15, -0.1) is 0 Å². The van der Waals surface area contributed by atoms with Gasteiger partial charge in [-0.25, -0.2) is 9.78 Å². The van der Waals surface area contributed by atoms with Crippen molar-refractivity contribution in [3.8, 4) is 0 Å². The van der Waals surface area contributed by atoms with Crippen molar-refractivity contribution in [2.45, 2.75) is 0 Å². The van der Waals surface area contributed by atoms with Crippen molar-refractivity contribution in [1.82, 2.24) is 4.98 Å². The summed E-state index contributed by atoms with van der Waals surface area (Å²) >= 11 is 11.1. The van der Waals surface area contributed by atoms with E-state index in [1.165, 1.54) is 6.07 Å². The standard InChI is InChI=1S/C6H5Cl2N3O2/c7-3-1-2(10-6(12)13)4(9)5(8)11-3/h1H,9H2,(H,10,11)(H,12,13). The molecule has 0 aromatic carbocycles. The van der Waals surface area contributed by atoms with Crippen molar-refractivity contribution in [3.05, 3.63) is 16.4 Å². The minimum Gasteiger partial charge on any atom is -0.465 e. The Kier molecular flexibility index (Phi) is 2.79. The van der Waals surface area contributed by atoms with Gasteiger partial charge in [-0.2, -0.15) is 0 Å². The number of amides is 1. The number of hydrogen-bond donors (Lipinski definition) is 3. The van der Waals surface area contributed by atoms with Crippen LogP contribution in [0.25, 0.3) is 0 Å². The molecule has 0 bridgehead atoms.